The summed E-state index contributed by atoms with van der Waals surface area (Å²) in [6.07, 6.45) is 6.36. The van der Waals surface area contributed by atoms with Crippen LogP contribution < -0.4 is 9.47 Å². The molecule has 1 aromatic heterocycles. The number of methoxy groups -OCH3 is 2. The number of nitrogens with one attached hydrogen (secondary N) is 1. The summed E-state index contributed by atoms with van der Waals surface area (Å²) in [5.74, 6) is 2.03. The van der Waals surface area contributed by atoms with Crippen LogP contribution in [0.25, 0.3) is 10.9 Å². The fourth-order valence-corrected chi connectivity index (χ4v) is 5.06. The predicted octanol–water partition coefficient (Wildman–Crippen LogP) is 3.52. The largest absolute Gasteiger partial charge is 0.496 e. The number of aromatic nitrogens is 1. The molecule has 0 saturated carbocycles. The molecule has 6 heteroatoms. The SMILES string of the molecule is COc1ccc(OC)c2[nH]c(C(=O)N(C)C[C@@H]3CCCN4CCCC[C@H]34)cc12. The second-order valence-electron chi connectivity index (χ2n) is 8.13. The van der Waals surface area contributed by atoms with Gasteiger partial charge < -0.3 is 24.3 Å². The van der Waals surface area contributed by atoms with Gasteiger partial charge in [0.25, 0.3) is 5.91 Å². The number of nitrogens with zero attached hydrogens (tertiary/aromatic N) is 2. The average Bonchev–Trinajstić information content (AvgIpc) is 3.18. The van der Waals surface area contributed by atoms with Crippen LogP contribution in [0.15, 0.2) is 18.2 Å². The first kappa shape index (κ1) is 19.1. The first-order valence-electron chi connectivity index (χ1n) is 10.4. The summed E-state index contributed by atoms with van der Waals surface area (Å²) in [6, 6.07) is 6.24. The molecule has 6 nitrogen and oxygen atoms in total. The lowest BCUT2D eigenvalue weighted by molar-refractivity contribution is 0.0401. The lowest BCUT2D eigenvalue weighted by Gasteiger charge is -2.45. The maximum Gasteiger partial charge on any atom is 0.270 e. The second kappa shape index (κ2) is 8.03. The number of rotatable bonds is 5. The number of benzene rings is 1. The Morgan fingerprint density at radius 3 is 2.68 bits per heavy atom. The molecule has 0 bridgehead atoms. The van der Waals surface area contributed by atoms with Gasteiger partial charge in [0, 0.05) is 25.0 Å². The molecule has 1 N–H and O–H groups in total. The Morgan fingerprint density at radius 1 is 1.14 bits per heavy atom. The number of H-pyrrole nitrogens is 1. The maximum atomic E-state index is 13.1. The highest BCUT2D eigenvalue weighted by Gasteiger charge is 2.34. The number of carbonyl (C=O) groups is 1. The monoisotopic (exact) mass is 385 g/mol. The van der Waals surface area contributed by atoms with Crippen LogP contribution in [0, 0.1) is 5.92 Å². The number of piperidine rings is 2. The van der Waals surface area contributed by atoms with Gasteiger partial charge in [-0.2, -0.15) is 0 Å². The lowest BCUT2D eigenvalue weighted by atomic mass is 9.83. The molecular weight excluding hydrogens is 354 g/mol. The third-order valence-electron chi connectivity index (χ3n) is 6.47. The van der Waals surface area contributed by atoms with Crippen LogP contribution in [0.3, 0.4) is 0 Å². The van der Waals surface area contributed by atoms with E-state index in [9.17, 15) is 4.79 Å². The predicted molar refractivity (Wildman–Crippen MR) is 110 cm³/mol. The van der Waals surface area contributed by atoms with Gasteiger partial charge in [0.05, 0.1) is 19.7 Å². The van der Waals surface area contributed by atoms with Gasteiger partial charge in [0.2, 0.25) is 0 Å². The molecule has 2 atom stereocenters. The Labute approximate surface area is 166 Å². The Morgan fingerprint density at radius 2 is 1.89 bits per heavy atom. The van der Waals surface area contributed by atoms with E-state index in [1.807, 2.05) is 30.1 Å². The number of hydrogen-bond donors (Lipinski definition) is 1. The summed E-state index contributed by atoms with van der Waals surface area (Å²) in [6.45, 7) is 3.25. The van der Waals surface area contributed by atoms with Crippen molar-refractivity contribution >= 4 is 16.8 Å². The maximum absolute atomic E-state index is 13.1. The fraction of sp³-hybridized carbons (Fsp3) is 0.591. The Balaban J connectivity index is 1.53. The fourth-order valence-electron chi connectivity index (χ4n) is 5.06. The van der Waals surface area contributed by atoms with Crippen molar-refractivity contribution in [3.05, 3.63) is 23.9 Å². The van der Waals surface area contributed by atoms with E-state index < -0.39 is 0 Å². The molecule has 1 amide bonds. The summed E-state index contributed by atoms with van der Waals surface area (Å²) < 4.78 is 10.9. The number of carbonyl (C=O) groups excluding carboxylic acids is 1. The van der Waals surface area contributed by atoms with Crippen molar-refractivity contribution in [1.82, 2.24) is 14.8 Å². The number of hydrogen-bond acceptors (Lipinski definition) is 4. The normalized spacial score (nSPS) is 22.7. The van der Waals surface area contributed by atoms with Crippen molar-refractivity contribution in [2.24, 2.45) is 5.92 Å². The average molecular weight is 386 g/mol. The molecule has 2 aliphatic heterocycles. The smallest absolute Gasteiger partial charge is 0.270 e. The summed E-state index contributed by atoms with van der Waals surface area (Å²) in [5.41, 5.74) is 1.38. The van der Waals surface area contributed by atoms with Crippen molar-refractivity contribution < 1.29 is 14.3 Å². The Bertz CT molecular complexity index is 804. The van der Waals surface area contributed by atoms with Gasteiger partial charge in [0.1, 0.15) is 17.2 Å². The number of aromatic amines is 1. The van der Waals surface area contributed by atoms with E-state index in [1.165, 1.54) is 45.2 Å². The zero-order valence-electron chi connectivity index (χ0n) is 17.2. The number of amides is 1. The molecule has 4 rings (SSSR count). The third-order valence-corrected chi connectivity index (χ3v) is 6.47. The van der Waals surface area contributed by atoms with Crippen molar-refractivity contribution in [2.75, 3.05) is 40.9 Å². The van der Waals surface area contributed by atoms with Crippen LogP contribution >= 0.6 is 0 Å². The third kappa shape index (κ3) is 3.46. The highest BCUT2D eigenvalue weighted by Crippen LogP contribution is 2.34. The minimum Gasteiger partial charge on any atom is -0.496 e. The number of fused-ring (bicyclic) bond motifs is 2. The molecule has 0 spiro atoms. The van der Waals surface area contributed by atoms with Gasteiger partial charge in [-0.05, 0) is 62.9 Å². The molecule has 0 radical (unpaired) electrons. The van der Waals surface area contributed by atoms with Crippen LogP contribution in [0.4, 0.5) is 0 Å². The van der Waals surface area contributed by atoms with Gasteiger partial charge in [-0.1, -0.05) is 6.42 Å². The molecule has 2 saturated heterocycles. The summed E-state index contributed by atoms with van der Waals surface area (Å²) in [7, 11) is 5.19. The Kier molecular flexibility index (Phi) is 5.49. The molecule has 0 unspecified atom stereocenters. The zero-order valence-corrected chi connectivity index (χ0v) is 17.2. The minimum absolute atomic E-state index is 0.0215. The van der Waals surface area contributed by atoms with E-state index >= 15 is 0 Å². The molecule has 2 aliphatic rings. The van der Waals surface area contributed by atoms with Gasteiger partial charge >= 0.3 is 0 Å². The summed E-state index contributed by atoms with van der Waals surface area (Å²) in [4.78, 5) is 20.9. The molecule has 2 aromatic rings. The summed E-state index contributed by atoms with van der Waals surface area (Å²) >= 11 is 0. The van der Waals surface area contributed by atoms with Crippen LogP contribution in [0.2, 0.25) is 0 Å². The van der Waals surface area contributed by atoms with E-state index in [0.29, 0.717) is 23.4 Å². The lowest BCUT2D eigenvalue weighted by Crippen LogP contribution is -2.51. The van der Waals surface area contributed by atoms with E-state index in [4.69, 9.17) is 9.47 Å². The van der Waals surface area contributed by atoms with E-state index in [2.05, 4.69) is 9.88 Å². The van der Waals surface area contributed by atoms with E-state index in [0.717, 1.165) is 23.2 Å². The van der Waals surface area contributed by atoms with Crippen LogP contribution in [0.5, 0.6) is 11.5 Å². The quantitative estimate of drug-likeness (QED) is 0.856. The molecule has 2 fully saturated rings. The highest BCUT2D eigenvalue weighted by molar-refractivity contribution is 6.01. The van der Waals surface area contributed by atoms with Crippen molar-refractivity contribution in [3.8, 4) is 11.5 Å². The highest BCUT2D eigenvalue weighted by atomic mass is 16.5. The Hall–Kier alpha value is -2.21. The van der Waals surface area contributed by atoms with Crippen LogP contribution in [-0.2, 0) is 0 Å². The molecular formula is C22H31N3O3. The summed E-state index contributed by atoms with van der Waals surface area (Å²) in [5, 5.41) is 0.870. The first-order chi connectivity index (χ1) is 13.6. The first-order valence-corrected chi connectivity index (χ1v) is 10.4. The van der Waals surface area contributed by atoms with Crippen molar-refractivity contribution in [1.29, 1.82) is 0 Å². The van der Waals surface area contributed by atoms with Crippen LogP contribution in [-0.4, -0.2) is 67.6 Å². The standard InChI is InChI=1S/C22H31N3O3/c1-24(14-15-7-6-12-25-11-5-4-8-18(15)25)22(26)17-13-16-19(27-2)9-10-20(28-3)21(16)23-17/h9-10,13,15,18,23H,4-8,11-12,14H2,1-3H3/t15-,18+/m0/s1. The second-order valence-corrected chi connectivity index (χ2v) is 8.13. The van der Waals surface area contributed by atoms with Gasteiger partial charge in [0.15, 0.2) is 0 Å². The molecule has 0 aliphatic carbocycles. The molecule has 1 aromatic carbocycles. The molecule has 152 valence electrons. The van der Waals surface area contributed by atoms with Gasteiger partial charge in [-0.25, -0.2) is 0 Å². The van der Waals surface area contributed by atoms with Gasteiger partial charge in [-0.3, -0.25) is 4.79 Å². The van der Waals surface area contributed by atoms with E-state index in [1.54, 1.807) is 14.2 Å². The zero-order chi connectivity index (χ0) is 19.7. The minimum atomic E-state index is 0.0215. The topological polar surface area (TPSA) is 57.8 Å². The van der Waals surface area contributed by atoms with Gasteiger partial charge in [-0.15, -0.1) is 0 Å². The van der Waals surface area contributed by atoms with Crippen molar-refractivity contribution in [3.63, 3.8) is 0 Å². The number of ether oxygens (including phenoxy) is 2. The molecule has 3 heterocycles. The van der Waals surface area contributed by atoms with Crippen molar-refractivity contribution in [2.45, 2.75) is 38.1 Å². The molecule has 28 heavy (non-hydrogen) atoms. The van der Waals surface area contributed by atoms with E-state index in [-0.39, 0.29) is 5.91 Å². The van der Waals surface area contributed by atoms with Crippen LogP contribution in [0.1, 0.15) is 42.6 Å².